The molecule has 2 aliphatic heterocycles. The van der Waals surface area contributed by atoms with Crippen LogP contribution < -0.4 is 23.0 Å². The number of sulfonamides is 2. The van der Waals surface area contributed by atoms with Crippen LogP contribution in [0.2, 0.25) is 0 Å². The Bertz CT molecular complexity index is 5170. The molecule has 0 aliphatic carbocycles. The van der Waals surface area contributed by atoms with Crippen molar-refractivity contribution in [3.63, 3.8) is 0 Å². The van der Waals surface area contributed by atoms with Gasteiger partial charge in [-0.15, -0.1) is 4.86 Å². The minimum absolute atomic E-state index is 0.117. The van der Waals surface area contributed by atoms with Gasteiger partial charge in [0.2, 0.25) is 0 Å². The summed E-state index contributed by atoms with van der Waals surface area (Å²) < 4.78 is 194. The van der Waals surface area contributed by atoms with Crippen molar-refractivity contribution in [1.82, 2.24) is 4.86 Å². The maximum absolute atomic E-state index is 16.2. The quantitative estimate of drug-likeness (QED) is 0.116. The molecule has 1 N–H and O–H groups in total. The molecule has 21 heteroatoms. The molecular weight excluding hydrogens is 1390 g/mol. The monoisotopic (exact) mass is 1470 g/mol. The van der Waals surface area contributed by atoms with Crippen LogP contribution in [0.25, 0.3) is 110 Å². The van der Waals surface area contributed by atoms with Crippen LogP contribution in [0.1, 0.15) is 105 Å². The van der Waals surface area contributed by atoms with Gasteiger partial charge in [0.1, 0.15) is 23.0 Å². The molecule has 12 aromatic rings. The van der Waals surface area contributed by atoms with Gasteiger partial charge in [0.25, 0.3) is 0 Å². The highest BCUT2D eigenvalue weighted by Crippen LogP contribution is 2.72. The van der Waals surface area contributed by atoms with Crippen molar-refractivity contribution in [2.75, 3.05) is 0 Å². The van der Waals surface area contributed by atoms with E-state index in [1.807, 2.05) is 156 Å². The molecule has 2 heterocycles. The summed E-state index contributed by atoms with van der Waals surface area (Å²) in [6, 6.07) is 63.9. The van der Waals surface area contributed by atoms with Crippen LogP contribution >= 0.6 is 15.3 Å². The summed E-state index contributed by atoms with van der Waals surface area (Å²) in [5.41, 5.74) is -8.32. The Balaban J connectivity index is 1.20. The molecule has 11 nitrogen and oxygen atoms in total. The average Bonchev–Trinajstić information content (AvgIpc) is 1.60. The van der Waals surface area contributed by atoms with Crippen molar-refractivity contribution in [2.45, 2.75) is 116 Å². The van der Waals surface area contributed by atoms with E-state index in [4.69, 9.17) is 18.1 Å². The third kappa shape index (κ3) is 13.0. The number of nitrogens with one attached hydrogen (secondary N) is 1. The molecule has 103 heavy (non-hydrogen) atoms. The highest BCUT2D eigenvalue weighted by atomic mass is 32.2. The van der Waals surface area contributed by atoms with Gasteiger partial charge in [0.05, 0.1) is 0 Å². The fraction of sp³-hybridized carbons (Fsp3) is 0.220. The van der Waals surface area contributed by atoms with Gasteiger partial charge in [-0.2, -0.15) is 43.2 Å². The lowest BCUT2D eigenvalue weighted by molar-refractivity contribution is -0.0440. The fourth-order valence-corrected chi connectivity index (χ4v) is 21.6. The van der Waals surface area contributed by atoms with E-state index in [2.05, 4.69) is 13.2 Å². The molecule has 0 atom stereocenters. The molecular formula is C82H73F6N3O8P2S2. The Morgan fingerprint density at radius 2 is 0.495 bits per heavy atom. The molecule has 0 radical (unpaired) electrons. The zero-order chi connectivity index (χ0) is 73.6. The molecule has 0 unspecified atom stereocenters. The van der Waals surface area contributed by atoms with Crippen LogP contribution in [0.4, 0.5) is 26.3 Å². The van der Waals surface area contributed by atoms with E-state index in [0.717, 1.165) is 22.3 Å². The van der Waals surface area contributed by atoms with Crippen molar-refractivity contribution in [3.8, 4) is 89.8 Å². The normalized spacial score (nSPS) is 14.8. The van der Waals surface area contributed by atoms with Crippen LogP contribution in [0.15, 0.2) is 227 Å². The van der Waals surface area contributed by atoms with E-state index in [0.29, 0.717) is 65.3 Å². The van der Waals surface area contributed by atoms with Crippen molar-refractivity contribution in [3.05, 3.63) is 241 Å². The number of hydrogen-bond acceptors (Lipinski definition) is 8. The van der Waals surface area contributed by atoms with Crippen LogP contribution in [-0.4, -0.2) is 27.9 Å². The van der Waals surface area contributed by atoms with E-state index in [1.54, 1.807) is 146 Å². The second-order valence-corrected chi connectivity index (χ2v) is 38.0. The molecule has 0 bridgehead atoms. The van der Waals surface area contributed by atoms with Gasteiger partial charge < -0.3 is 18.1 Å². The van der Waals surface area contributed by atoms with Gasteiger partial charge in [-0.1, -0.05) is 286 Å². The molecule has 0 fully saturated rings. The fourth-order valence-electron chi connectivity index (χ4n) is 13.4. The maximum Gasteiger partial charge on any atom is 0.518 e. The van der Waals surface area contributed by atoms with Gasteiger partial charge in [0.15, 0.2) is 0 Å². The first-order valence-corrected chi connectivity index (χ1v) is 39.4. The van der Waals surface area contributed by atoms with Crippen LogP contribution in [0.3, 0.4) is 0 Å². The first kappa shape index (κ1) is 70.8. The molecule has 0 aromatic heterocycles. The highest BCUT2D eigenvalue weighted by Gasteiger charge is 2.56. The summed E-state index contributed by atoms with van der Waals surface area (Å²) in [5, 5.41) is 3.78. The molecule has 528 valence electrons. The lowest BCUT2D eigenvalue weighted by atomic mass is 9.84. The minimum atomic E-state index is -7.08. The zero-order valence-electron chi connectivity index (χ0n) is 58.4. The third-order valence-electron chi connectivity index (χ3n) is 18.9. The largest absolute Gasteiger partial charge is 0.518 e. The number of benzene rings is 12. The van der Waals surface area contributed by atoms with Gasteiger partial charge in [-0.25, -0.2) is 0 Å². The van der Waals surface area contributed by atoms with Crippen LogP contribution in [0, 0.1) is 0 Å². The molecule has 0 spiro atoms. The predicted octanol–water partition coefficient (Wildman–Crippen LogP) is 24.9. The minimum Gasteiger partial charge on any atom is -0.417 e. The lowest BCUT2D eigenvalue weighted by Gasteiger charge is -2.32. The first-order chi connectivity index (χ1) is 48.2. The Morgan fingerprint density at radius 3 is 0.680 bits per heavy atom. The second kappa shape index (κ2) is 24.7. The van der Waals surface area contributed by atoms with E-state index in [9.17, 15) is 0 Å². The standard InChI is InChI=1S/C82H73F6N3O8P2S2/c1-77(2,3)57-37-29-49(30-38-57)65-45-53-21-13-17-25-61(53)69-70-62-26-18-14-22-54(62)46-66(50-31-39-58(40-32-50)78(4,5)6)74(70)97-100(96-73(65)69,90-102(92,93)81(83,84)85)89-101(91-103(94,95)82(86,87)88)98-75-67(51-33-41-59(42-34-51)79(7,8)9)47-55-23-15-19-27-63(55)71(75)72-64-28-20-16-24-56(64)48-68(76(72)99-101)52-35-43-60(44-36-52)80(10,11)12/h13-48,89H,1-12H3. The van der Waals surface area contributed by atoms with Crippen molar-refractivity contribution >= 4 is 78.5 Å². The van der Waals surface area contributed by atoms with E-state index in [-0.39, 0.29) is 67.5 Å². The third-order valence-corrected chi connectivity index (χ3v) is 27.2. The van der Waals surface area contributed by atoms with Gasteiger partial charge in [0, 0.05) is 44.5 Å². The highest BCUT2D eigenvalue weighted by molar-refractivity contribution is 7.96. The number of rotatable bonds is 8. The number of hydrogen-bond donors (Lipinski definition) is 1. The second-order valence-electron chi connectivity index (χ2n) is 30.2. The Labute approximate surface area is 595 Å². The maximum atomic E-state index is 16.2. The zero-order valence-corrected chi connectivity index (χ0v) is 61.8. The van der Waals surface area contributed by atoms with Gasteiger partial charge >= 0.3 is 46.4 Å². The lowest BCUT2D eigenvalue weighted by Crippen LogP contribution is -2.28. The van der Waals surface area contributed by atoms with Gasteiger partial charge in [-0.05, 0) is 134 Å². The summed E-state index contributed by atoms with van der Waals surface area (Å²) in [7, 11) is -26.8. The number of halogens is 6. The smallest absolute Gasteiger partial charge is 0.417 e. The summed E-state index contributed by atoms with van der Waals surface area (Å²) in [4.78, 5) is 2.65. The van der Waals surface area contributed by atoms with E-state index >= 15 is 43.2 Å². The van der Waals surface area contributed by atoms with Crippen LogP contribution in [0.5, 0.6) is 23.0 Å². The average molecular weight is 1470 g/mol. The SMILES string of the molecule is CC(C)(C)c1ccc(-c2cc3ccccc3c3c2OP(=NS(=O)(=O)C(F)(F)F)(NP2(=NS(=O)(=O)C(F)(F)F)Oc4c(-c5ccc(C(C)(C)C)cc5)cc5ccccc5c4-c4c(c(-c5ccc(C(C)(C)C)cc5)cc5ccccc45)O2)Oc2c(-c4ccc(C(C)(C)C)cc4)cc4ccccc4c2-3)cc1. The topological polar surface area (TPSA) is 142 Å². The molecule has 2 aliphatic rings. The van der Waals surface area contributed by atoms with Gasteiger partial charge in [-0.3, -0.25) is 0 Å². The predicted molar refractivity (Wildman–Crippen MR) is 405 cm³/mol. The Morgan fingerprint density at radius 1 is 0.301 bits per heavy atom. The number of alkyl halides is 6. The molecule has 0 saturated carbocycles. The van der Waals surface area contributed by atoms with E-state index in [1.165, 1.54) is 0 Å². The number of nitrogens with zero attached hydrogens (tertiary/aromatic N) is 2. The van der Waals surface area contributed by atoms with E-state index < -0.39 is 68.0 Å². The molecule has 12 aromatic carbocycles. The molecule has 0 amide bonds. The summed E-state index contributed by atoms with van der Waals surface area (Å²) in [6.07, 6.45) is 0. The van der Waals surface area contributed by atoms with Crippen molar-refractivity contribution in [2.24, 2.45) is 8.30 Å². The summed E-state index contributed by atoms with van der Waals surface area (Å²) in [6.45, 7) is 24.1. The Hall–Kier alpha value is -9.22. The Kier molecular flexibility index (Phi) is 17.0. The molecule has 14 rings (SSSR count). The summed E-state index contributed by atoms with van der Waals surface area (Å²) >= 11 is 0. The number of fused-ring (bicyclic) bond motifs is 14. The van der Waals surface area contributed by atoms with Crippen LogP contribution in [-0.2, 0) is 41.7 Å². The van der Waals surface area contributed by atoms with Crippen molar-refractivity contribution in [1.29, 1.82) is 0 Å². The van der Waals surface area contributed by atoms with Crippen molar-refractivity contribution < 1.29 is 61.3 Å². The first-order valence-electron chi connectivity index (χ1n) is 33.4. The summed E-state index contributed by atoms with van der Waals surface area (Å²) in [5.74, 6) is -1.51. The molecule has 0 saturated heterocycles.